The number of benzene rings is 2. The molecule has 6 nitrogen and oxygen atoms in total. The number of sulfonamides is 1. The van der Waals surface area contributed by atoms with Gasteiger partial charge in [0.1, 0.15) is 5.75 Å². The van der Waals surface area contributed by atoms with E-state index in [0.717, 1.165) is 28.1 Å². The normalized spacial score (nSPS) is 16.1. The molecule has 0 atom stereocenters. The van der Waals surface area contributed by atoms with Crippen molar-refractivity contribution in [2.45, 2.75) is 30.5 Å². The minimum Gasteiger partial charge on any atom is -0.497 e. The van der Waals surface area contributed by atoms with Crippen LogP contribution in [-0.4, -0.2) is 38.8 Å². The standard InChI is InChI=1S/C21H23F3N2O4S/c1-30-17-6-4-5-15(13-17)14-25-20(27)16-9-11-26(12-10-16)31(28,29)19-8-3-2-7-18(19)21(22,23)24/h2-8,13,16H,9-12,14H2,1H3,(H,25,27). The van der Waals surface area contributed by atoms with Crippen molar-refractivity contribution in [1.82, 2.24) is 9.62 Å². The molecule has 0 aliphatic carbocycles. The lowest BCUT2D eigenvalue weighted by molar-refractivity contribution is -0.139. The maximum atomic E-state index is 13.2. The summed E-state index contributed by atoms with van der Waals surface area (Å²) >= 11 is 0. The van der Waals surface area contributed by atoms with Gasteiger partial charge in [-0.15, -0.1) is 0 Å². The van der Waals surface area contributed by atoms with Gasteiger partial charge in [0, 0.05) is 25.6 Å². The van der Waals surface area contributed by atoms with Gasteiger partial charge in [0.05, 0.1) is 17.6 Å². The van der Waals surface area contributed by atoms with Gasteiger partial charge < -0.3 is 10.1 Å². The lowest BCUT2D eigenvalue weighted by atomic mass is 9.97. The Hall–Kier alpha value is -2.59. The van der Waals surface area contributed by atoms with Crippen LogP contribution in [0.3, 0.4) is 0 Å². The van der Waals surface area contributed by atoms with Crippen molar-refractivity contribution in [3.63, 3.8) is 0 Å². The van der Waals surface area contributed by atoms with Crippen LogP contribution in [-0.2, 0) is 27.5 Å². The van der Waals surface area contributed by atoms with Crippen LogP contribution in [0.15, 0.2) is 53.4 Å². The highest BCUT2D eigenvalue weighted by molar-refractivity contribution is 7.89. The predicted octanol–water partition coefficient (Wildman–Crippen LogP) is 3.43. The van der Waals surface area contributed by atoms with Gasteiger partial charge in [0.25, 0.3) is 0 Å². The van der Waals surface area contributed by atoms with Crippen molar-refractivity contribution in [2.24, 2.45) is 5.92 Å². The molecule has 1 saturated heterocycles. The highest BCUT2D eigenvalue weighted by Crippen LogP contribution is 2.36. The van der Waals surface area contributed by atoms with E-state index in [-0.39, 0.29) is 31.8 Å². The van der Waals surface area contributed by atoms with Crippen LogP contribution in [0.2, 0.25) is 0 Å². The Morgan fingerprint density at radius 3 is 2.45 bits per heavy atom. The molecule has 1 N–H and O–H groups in total. The number of rotatable bonds is 6. The van der Waals surface area contributed by atoms with E-state index in [9.17, 15) is 26.4 Å². The Morgan fingerprint density at radius 1 is 1.13 bits per heavy atom. The number of carbonyl (C=O) groups is 1. The molecule has 0 bridgehead atoms. The molecule has 2 aromatic carbocycles. The minimum atomic E-state index is -4.78. The molecule has 1 heterocycles. The van der Waals surface area contributed by atoms with E-state index in [2.05, 4.69) is 5.32 Å². The summed E-state index contributed by atoms with van der Waals surface area (Å²) in [7, 11) is -2.77. The number of methoxy groups -OCH3 is 1. The average molecular weight is 456 g/mol. The molecule has 168 valence electrons. The second-order valence-corrected chi connectivity index (χ2v) is 9.15. The predicted molar refractivity (Wildman–Crippen MR) is 108 cm³/mol. The van der Waals surface area contributed by atoms with Gasteiger partial charge in [-0.1, -0.05) is 24.3 Å². The number of piperidine rings is 1. The third-order valence-electron chi connectivity index (χ3n) is 5.24. The molecule has 1 fully saturated rings. The number of nitrogens with zero attached hydrogens (tertiary/aromatic N) is 1. The smallest absolute Gasteiger partial charge is 0.417 e. The first-order chi connectivity index (χ1) is 14.6. The van der Waals surface area contributed by atoms with E-state index in [0.29, 0.717) is 12.3 Å². The second kappa shape index (κ2) is 9.27. The molecule has 10 heteroatoms. The molecule has 0 radical (unpaired) electrons. The Kier molecular flexibility index (Phi) is 6.90. The third kappa shape index (κ3) is 5.37. The third-order valence-corrected chi connectivity index (χ3v) is 7.19. The van der Waals surface area contributed by atoms with Crippen LogP contribution >= 0.6 is 0 Å². The zero-order valence-corrected chi connectivity index (χ0v) is 17.7. The molecule has 0 saturated carbocycles. The highest BCUT2D eigenvalue weighted by atomic mass is 32.2. The summed E-state index contributed by atoms with van der Waals surface area (Å²) in [6.45, 7) is 0.255. The zero-order valence-electron chi connectivity index (χ0n) is 16.9. The maximum absolute atomic E-state index is 13.2. The number of amides is 1. The van der Waals surface area contributed by atoms with Crippen molar-refractivity contribution in [3.8, 4) is 5.75 Å². The quantitative estimate of drug-likeness (QED) is 0.723. The van der Waals surface area contributed by atoms with Crippen LogP contribution in [0, 0.1) is 5.92 Å². The summed E-state index contributed by atoms with van der Waals surface area (Å²) in [5.74, 6) is 0.0508. The van der Waals surface area contributed by atoms with E-state index in [1.807, 2.05) is 12.1 Å². The van der Waals surface area contributed by atoms with Crippen LogP contribution < -0.4 is 10.1 Å². The molecular weight excluding hydrogens is 433 g/mol. The van der Waals surface area contributed by atoms with Gasteiger partial charge in [0.15, 0.2) is 0 Å². The molecule has 1 aliphatic heterocycles. The van der Waals surface area contributed by atoms with Crippen LogP contribution in [0.5, 0.6) is 5.75 Å². The molecule has 3 rings (SSSR count). The Morgan fingerprint density at radius 2 is 1.81 bits per heavy atom. The molecule has 31 heavy (non-hydrogen) atoms. The van der Waals surface area contributed by atoms with Gasteiger partial charge in [-0.3, -0.25) is 4.79 Å². The number of hydrogen-bond acceptors (Lipinski definition) is 4. The highest BCUT2D eigenvalue weighted by Gasteiger charge is 2.40. The Balaban J connectivity index is 1.62. The van der Waals surface area contributed by atoms with Crippen molar-refractivity contribution in [1.29, 1.82) is 0 Å². The maximum Gasteiger partial charge on any atom is 0.417 e. The Labute approximate surface area is 179 Å². The van der Waals surface area contributed by atoms with Gasteiger partial charge >= 0.3 is 6.18 Å². The first kappa shape index (κ1) is 23.1. The van der Waals surface area contributed by atoms with Crippen molar-refractivity contribution < 1.29 is 31.1 Å². The first-order valence-corrected chi connectivity index (χ1v) is 11.1. The van der Waals surface area contributed by atoms with Gasteiger partial charge in [0.2, 0.25) is 15.9 Å². The van der Waals surface area contributed by atoms with E-state index >= 15 is 0 Å². The zero-order chi connectivity index (χ0) is 22.6. The fraction of sp³-hybridized carbons (Fsp3) is 0.381. The topological polar surface area (TPSA) is 75.7 Å². The average Bonchev–Trinajstić information content (AvgIpc) is 2.77. The lowest BCUT2D eigenvalue weighted by Gasteiger charge is -2.31. The van der Waals surface area contributed by atoms with Gasteiger partial charge in [-0.2, -0.15) is 17.5 Å². The second-order valence-electron chi connectivity index (χ2n) is 7.24. The summed E-state index contributed by atoms with van der Waals surface area (Å²) in [5.41, 5.74) is -0.329. The monoisotopic (exact) mass is 456 g/mol. The Bertz CT molecular complexity index is 1030. The molecule has 0 spiro atoms. The number of ether oxygens (including phenoxy) is 1. The van der Waals surface area contributed by atoms with Gasteiger partial charge in [-0.25, -0.2) is 8.42 Å². The summed E-state index contributed by atoms with van der Waals surface area (Å²) in [5, 5.41) is 2.82. The minimum absolute atomic E-state index is 0.0221. The van der Waals surface area contributed by atoms with Crippen molar-refractivity contribution in [3.05, 3.63) is 59.7 Å². The van der Waals surface area contributed by atoms with E-state index in [4.69, 9.17) is 4.74 Å². The first-order valence-electron chi connectivity index (χ1n) is 9.70. The summed E-state index contributed by atoms with van der Waals surface area (Å²) < 4.78 is 71.5. The van der Waals surface area contributed by atoms with Crippen LogP contribution in [0.1, 0.15) is 24.0 Å². The fourth-order valence-corrected chi connectivity index (χ4v) is 5.22. The van der Waals surface area contributed by atoms with Crippen LogP contribution in [0.25, 0.3) is 0 Å². The fourth-order valence-electron chi connectivity index (χ4n) is 3.54. The number of alkyl halides is 3. The number of hydrogen-bond donors (Lipinski definition) is 1. The van der Waals surface area contributed by atoms with Crippen molar-refractivity contribution in [2.75, 3.05) is 20.2 Å². The number of nitrogens with one attached hydrogen (secondary N) is 1. The lowest BCUT2D eigenvalue weighted by Crippen LogP contribution is -2.43. The summed E-state index contributed by atoms with van der Waals surface area (Å²) in [6.07, 6.45) is -4.31. The van der Waals surface area contributed by atoms with E-state index in [1.165, 1.54) is 6.07 Å². The largest absolute Gasteiger partial charge is 0.497 e. The summed E-state index contributed by atoms with van der Waals surface area (Å²) in [6, 6.07) is 11.4. The van der Waals surface area contributed by atoms with Gasteiger partial charge in [-0.05, 0) is 42.7 Å². The number of carbonyl (C=O) groups excluding carboxylic acids is 1. The molecule has 0 unspecified atom stereocenters. The van der Waals surface area contributed by atoms with Crippen molar-refractivity contribution >= 4 is 15.9 Å². The van der Waals surface area contributed by atoms with Crippen LogP contribution in [0.4, 0.5) is 13.2 Å². The van der Waals surface area contributed by atoms with E-state index < -0.39 is 32.6 Å². The molecule has 1 aliphatic rings. The molecule has 0 aromatic heterocycles. The SMILES string of the molecule is COc1cccc(CNC(=O)C2CCN(S(=O)(=O)c3ccccc3C(F)(F)F)CC2)c1. The summed E-state index contributed by atoms with van der Waals surface area (Å²) in [4.78, 5) is 11.7. The van der Waals surface area contributed by atoms with E-state index in [1.54, 1.807) is 19.2 Å². The molecule has 1 amide bonds. The molecular formula is C21H23F3N2O4S. The molecule has 2 aromatic rings. The number of halogens is 3.